The Labute approximate surface area is 110 Å². The van der Waals surface area contributed by atoms with Crippen molar-refractivity contribution in [1.29, 1.82) is 0 Å². The maximum atomic E-state index is 6.15. The van der Waals surface area contributed by atoms with E-state index in [1.165, 1.54) is 5.56 Å². The van der Waals surface area contributed by atoms with Crippen LogP contribution in [0, 0.1) is 12.8 Å². The Morgan fingerprint density at radius 3 is 2.61 bits per heavy atom. The van der Waals surface area contributed by atoms with Gasteiger partial charge in [-0.25, -0.2) is 0 Å². The number of rotatable bonds is 7. The van der Waals surface area contributed by atoms with Crippen LogP contribution in [0.2, 0.25) is 0 Å². The van der Waals surface area contributed by atoms with Gasteiger partial charge in [0.05, 0.1) is 19.8 Å². The largest absolute Gasteiger partial charge is 0.496 e. The lowest BCUT2D eigenvalue weighted by atomic mass is 10.0. The van der Waals surface area contributed by atoms with E-state index in [-0.39, 0.29) is 6.04 Å². The van der Waals surface area contributed by atoms with E-state index in [9.17, 15) is 0 Å². The summed E-state index contributed by atoms with van der Waals surface area (Å²) in [6.45, 7) is 7.72. The Balaban J connectivity index is 2.55. The fourth-order valence-electron chi connectivity index (χ4n) is 1.76. The minimum Gasteiger partial charge on any atom is -0.496 e. The summed E-state index contributed by atoms with van der Waals surface area (Å²) in [7, 11) is 1.67. The number of ether oxygens (including phenoxy) is 2. The maximum Gasteiger partial charge on any atom is 0.123 e. The number of hydrogen-bond donors (Lipinski definition) is 1. The van der Waals surface area contributed by atoms with Crippen molar-refractivity contribution in [1.82, 2.24) is 0 Å². The molecule has 0 bridgehead atoms. The molecule has 0 saturated carbocycles. The molecule has 0 saturated heterocycles. The van der Waals surface area contributed by atoms with Crippen molar-refractivity contribution >= 4 is 0 Å². The lowest BCUT2D eigenvalue weighted by molar-refractivity contribution is 0.111. The molecule has 1 unspecified atom stereocenters. The second-order valence-corrected chi connectivity index (χ2v) is 5.11. The highest BCUT2D eigenvalue weighted by Gasteiger charge is 2.12. The molecule has 1 rings (SSSR count). The summed E-state index contributed by atoms with van der Waals surface area (Å²) in [5, 5.41) is 0. The van der Waals surface area contributed by atoms with Gasteiger partial charge in [-0.1, -0.05) is 31.5 Å². The maximum absolute atomic E-state index is 6.15. The fourth-order valence-corrected chi connectivity index (χ4v) is 1.76. The average Bonchev–Trinajstić information content (AvgIpc) is 2.34. The highest BCUT2D eigenvalue weighted by atomic mass is 16.5. The Morgan fingerprint density at radius 2 is 2.00 bits per heavy atom. The van der Waals surface area contributed by atoms with E-state index >= 15 is 0 Å². The number of aryl methyl sites for hydroxylation is 1. The standard InChI is InChI=1S/C15H25NO2/c1-11(2)7-8-18-10-14(16)13-9-12(3)5-6-15(13)17-4/h5-6,9,11,14H,7-8,10,16H2,1-4H3. The molecule has 3 nitrogen and oxygen atoms in total. The van der Waals surface area contributed by atoms with Gasteiger partial charge < -0.3 is 15.2 Å². The zero-order valence-electron chi connectivity index (χ0n) is 11.9. The Bertz CT molecular complexity index is 364. The molecule has 0 amide bonds. The monoisotopic (exact) mass is 251 g/mol. The normalized spacial score (nSPS) is 12.8. The van der Waals surface area contributed by atoms with Crippen LogP contribution in [0.25, 0.3) is 0 Å². The second-order valence-electron chi connectivity index (χ2n) is 5.11. The Morgan fingerprint density at radius 1 is 1.28 bits per heavy atom. The molecule has 0 aliphatic carbocycles. The van der Waals surface area contributed by atoms with Crippen molar-refractivity contribution in [2.24, 2.45) is 11.7 Å². The van der Waals surface area contributed by atoms with E-state index in [2.05, 4.69) is 26.8 Å². The van der Waals surface area contributed by atoms with Crippen LogP contribution < -0.4 is 10.5 Å². The van der Waals surface area contributed by atoms with E-state index in [1.54, 1.807) is 7.11 Å². The highest BCUT2D eigenvalue weighted by Crippen LogP contribution is 2.25. The summed E-state index contributed by atoms with van der Waals surface area (Å²) >= 11 is 0. The summed E-state index contributed by atoms with van der Waals surface area (Å²) in [6, 6.07) is 5.91. The molecule has 0 radical (unpaired) electrons. The van der Waals surface area contributed by atoms with Crippen LogP contribution in [0.3, 0.4) is 0 Å². The number of nitrogens with two attached hydrogens (primary N) is 1. The van der Waals surface area contributed by atoms with E-state index < -0.39 is 0 Å². The van der Waals surface area contributed by atoms with Crippen LogP contribution >= 0.6 is 0 Å². The molecule has 3 heteroatoms. The summed E-state index contributed by atoms with van der Waals surface area (Å²) in [5.41, 5.74) is 8.35. The smallest absolute Gasteiger partial charge is 0.123 e. The van der Waals surface area contributed by atoms with Crippen LogP contribution in [-0.4, -0.2) is 20.3 Å². The summed E-state index contributed by atoms with van der Waals surface area (Å²) in [5.74, 6) is 1.50. The molecule has 1 atom stereocenters. The van der Waals surface area contributed by atoms with Crippen molar-refractivity contribution < 1.29 is 9.47 Å². The average molecular weight is 251 g/mol. The first kappa shape index (κ1) is 15.0. The van der Waals surface area contributed by atoms with Crippen LogP contribution in [0.15, 0.2) is 18.2 Å². The highest BCUT2D eigenvalue weighted by molar-refractivity contribution is 5.39. The predicted octanol–water partition coefficient (Wildman–Crippen LogP) is 3.07. The molecule has 102 valence electrons. The van der Waals surface area contributed by atoms with Gasteiger partial charge in [0.25, 0.3) is 0 Å². The molecule has 1 aromatic carbocycles. The van der Waals surface area contributed by atoms with Crippen molar-refractivity contribution in [3.8, 4) is 5.75 Å². The van der Waals surface area contributed by atoms with Gasteiger partial charge in [-0.15, -0.1) is 0 Å². The van der Waals surface area contributed by atoms with Gasteiger partial charge in [-0.3, -0.25) is 0 Å². The molecule has 0 fully saturated rings. The van der Waals surface area contributed by atoms with Gasteiger partial charge in [0.2, 0.25) is 0 Å². The number of benzene rings is 1. The zero-order chi connectivity index (χ0) is 13.5. The van der Waals surface area contributed by atoms with Gasteiger partial charge >= 0.3 is 0 Å². The molecule has 0 spiro atoms. The molecule has 0 heterocycles. The Hall–Kier alpha value is -1.06. The molecule has 18 heavy (non-hydrogen) atoms. The predicted molar refractivity (Wildman–Crippen MR) is 74.9 cm³/mol. The van der Waals surface area contributed by atoms with Crippen molar-refractivity contribution in [3.63, 3.8) is 0 Å². The lowest BCUT2D eigenvalue weighted by Gasteiger charge is -2.17. The van der Waals surface area contributed by atoms with E-state index in [4.69, 9.17) is 15.2 Å². The minimum atomic E-state index is -0.132. The molecular weight excluding hydrogens is 226 g/mol. The third-order valence-corrected chi connectivity index (χ3v) is 2.92. The van der Waals surface area contributed by atoms with E-state index in [1.807, 2.05) is 12.1 Å². The quantitative estimate of drug-likeness (QED) is 0.757. The number of hydrogen-bond acceptors (Lipinski definition) is 3. The topological polar surface area (TPSA) is 44.5 Å². The van der Waals surface area contributed by atoms with Crippen molar-refractivity contribution in [2.45, 2.75) is 33.2 Å². The summed E-state index contributed by atoms with van der Waals surface area (Å²) < 4.78 is 10.9. The fraction of sp³-hybridized carbons (Fsp3) is 0.600. The van der Waals surface area contributed by atoms with Crippen LogP contribution in [0.5, 0.6) is 5.75 Å². The van der Waals surface area contributed by atoms with Crippen LogP contribution in [0.4, 0.5) is 0 Å². The molecule has 1 aromatic rings. The first-order valence-electron chi connectivity index (χ1n) is 6.52. The molecule has 2 N–H and O–H groups in total. The van der Waals surface area contributed by atoms with E-state index in [0.717, 1.165) is 24.3 Å². The second kappa shape index (κ2) is 7.39. The Kier molecular flexibility index (Phi) is 6.16. The minimum absolute atomic E-state index is 0.132. The van der Waals surface area contributed by atoms with Gasteiger partial charge in [0.15, 0.2) is 0 Å². The third kappa shape index (κ3) is 4.67. The summed E-state index contributed by atoms with van der Waals surface area (Å²) in [6.07, 6.45) is 1.07. The van der Waals surface area contributed by atoms with E-state index in [0.29, 0.717) is 12.5 Å². The van der Waals surface area contributed by atoms with Gasteiger partial charge in [0, 0.05) is 12.2 Å². The zero-order valence-corrected chi connectivity index (χ0v) is 11.9. The van der Waals surface area contributed by atoms with Crippen molar-refractivity contribution in [3.05, 3.63) is 29.3 Å². The van der Waals surface area contributed by atoms with Gasteiger partial charge in [-0.05, 0) is 25.3 Å². The number of methoxy groups -OCH3 is 1. The van der Waals surface area contributed by atoms with Gasteiger partial charge in [0.1, 0.15) is 5.75 Å². The SMILES string of the molecule is COc1ccc(C)cc1C(N)COCCC(C)C. The lowest BCUT2D eigenvalue weighted by Crippen LogP contribution is -2.19. The molecule has 0 aromatic heterocycles. The van der Waals surface area contributed by atoms with Crippen molar-refractivity contribution in [2.75, 3.05) is 20.3 Å². The van der Waals surface area contributed by atoms with Crippen LogP contribution in [0.1, 0.15) is 37.4 Å². The van der Waals surface area contributed by atoms with Crippen LogP contribution in [-0.2, 0) is 4.74 Å². The first-order chi connectivity index (χ1) is 8.54. The first-order valence-corrected chi connectivity index (χ1v) is 6.52. The molecular formula is C15H25NO2. The molecule has 0 aliphatic heterocycles. The van der Waals surface area contributed by atoms with Gasteiger partial charge in [-0.2, -0.15) is 0 Å². The summed E-state index contributed by atoms with van der Waals surface area (Å²) in [4.78, 5) is 0. The molecule has 0 aliphatic rings. The third-order valence-electron chi connectivity index (χ3n) is 2.92.